The number of nitrogens with one attached hydrogen (secondary N) is 1. The number of likely N-dealkylation sites (N-methyl/N-ethyl adjacent to an activating group) is 1. The van der Waals surface area contributed by atoms with Crippen LogP contribution in [-0.2, 0) is 13.5 Å². The van der Waals surface area contributed by atoms with Crippen molar-refractivity contribution in [2.45, 2.75) is 27.2 Å². The van der Waals surface area contributed by atoms with Crippen molar-refractivity contribution < 1.29 is 0 Å². The Morgan fingerprint density at radius 2 is 2.00 bits per heavy atom. The Hall–Kier alpha value is -1.28. The highest BCUT2D eigenvalue weighted by molar-refractivity contribution is 5.87. The van der Waals surface area contributed by atoms with Crippen molar-refractivity contribution in [2.75, 3.05) is 13.1 Å². The number of benzene rings is 1. The van der Waals surface area contributed by atoms with Crippen molar-refractivity contribution in [2.24, 2.45) is 7.05 Å². The van der Waals surface area contributed by atoms with Crippen LogP contribution >= 0.6 is 0 Å². The number of hydrogen-bond donors (Lipinski definition) is 1. The van der Waals surface area contributed by atoms with Crippen LogP contribution in [0.2, 0.25) is 0 Å². The van der Waals surface area contributed by atoms with Gasteiger partial charge in [-0.15, -0.1) is 0 Å². The van der Waals surface area contributed by atoms with Gasteiger partial charge in [-0.3, -0.25) is 0 Å². The second-order valence-corrected chi connectivity index (χ2v) is 4.77. The summed E-state index contributed by atoms with van der Waals surface area (Å²) in [5.74, 6) is 0. The highest BCUT2D eigenvalue weighted by Crippen LogP contribution is 2.26. The lowest BCUT2D eigenvalue weighted by Crippen LogP contribution is -2.15. The molecule has 0 aliphatic rings. The Kier molecular flexibility index (Phi) is 3.53. The molecule has 0 spiro atoms. The highest BCUT2D eigenvalue weighted by Gasteiger charge is 2.09. The Morgan fingerprint density at radius 1 is 1.24 bits per heavy atom. The van der Waals surface area contributed by atoms with Crippen LogP contribution in [0.5, 0.6) is 0 Å². The van der Waals surface area contributed by atoms with Gasteiger partial charge in [-0.2, -0.15) is 0 Å². The number of aromatic nitrogens is 1. The van der Waals surface area contributed by atoms with Crippen molar-refractivity contribution in [3.63, 3.8) is 0 Å². The fourth-order valence-electron chi connectivity index (χ4n) is 2.48. The maximum Gasteiger partial charge on any atom is 0.0512 e. The minimum Gasteiger partial charge on any atom is -0.350 e. The quantitative estimate of drug-likeness (QED) is 0.799. The van der Waals surface area contributed by atoms with E-state index in [9.17, 15) is 0 Å². The van der Waals surface area contributed by atoms with Crippen molar-refractivity contribution in [3.8, 4) is 0 Å². The van der Waals surface area contributed by atoms with Gasteiger partial charge in [0.1, 0.15) is 0 Å². The zero-order valence-corrected chi connectivity index (χ0v) is 11.3. The smallest absolute Gasteiger partial charge is 0.0512 e. The van der Waals surface area contributed by atoms with Crippen LogP contribution < -0.4 is 5.32 Å². The third-order valence-corrected chi connectivity index (χ3v) is 3.57. The predicted octanol–water partition coefficient (Wildman–Crippen LogP) is 2.95. The number of nitrogens with zero attached hydrogens (tertiary/aromatic N) is 1. The number of fused-ring (bicyclic) bond motifs is 1. The second-order valence-electron chi connectivity index (χ2n) is 4.77. The van der Waals surface area contributed by atoms with Gasteiger partial charge in [0.2, 0.25) is 0 Å². The summed E-state index contributed by atoms with van der Waals surface area (Å²) < 4.78 is 2.26. The summed E-state index contributed by atoms with van der Waals surface area (Å²) in [4.78, 5) is 0. The number of aryl methyl sites for hydroxylation is 3. The van der Waals surface area contributed by atoms with E-state index >= 15 is 0 Å². The van der Waals surface area contributed by atoms with E-state index in [1.807, 2.05) is 0 Å². The van der Waals surface area contributed by atoms with Crippen LogP contribution in [0.4, 0.5) is 0 Å². The third-order valence-electron chi connectivity index (χ3n) is 3.57. The van der Waals surface area contributed by atoms with Gasteiger partial charge in [0.05, 0.1) is 5.52 Å². The summed E-state index contributed by atoms with van der Waals surface area (Å²) in [6, 6.07) is 4.49. The van der Waals surface area contributed by atoms with Crippen LogP contribution in [-0.4, -0.2) is 17.7 Å². The molecule has 1 N–H and O–H groups in total. The van der Waals surface area contributed by atoms with Crippen LogP contribution in [0.15, 0.2) is 18.3 Å². The van der Waals surface area contributed by atoms with Gasteiger partial charge < -0.3 is 9.88 Å². The molecule has 2 rings (SSSR count). The molecule has 0 saturated heterocycles. The Bertz CT molecular complexity index is 523. The zero-order chi connectivity index (χ0) is 12.4. The van der Waals surface area contributed by atoms with Gasteiger partial charge in [-0.05, 0) is 50.0 Å². The average Bonchev–Trinajstić information content (AvgIpc) is 2.62. The van der Waals surface area contributed by atoms with Gasteiger partial charge in [0.25, 0.3) is 0 Å². The molecule has 1 aromatic heterocycles. The maximum absolute atomic E-state index is 3.39. The minimum absolute atomic E-state index is 1.04. The lowest BCUT2D eigenvalue weighted by atomic mass is 10.0. The third kappa shape index (κ3) is 2.22. The second kappa shape index (κ2) is 4.92. The molecule has 0 atom stereocenters. The predicted molar refractivity (Wildman–Crippen MR) is 74.6 cm³/mol. The zero-order valence-electron chi connectivity index (χ0n) is 11.3. The molecule has 2 aromatic rings. The summed E-state index contributed by atoms with van der Waals surface area (Å²) in [6.07, 6.45) is 3.38. The summed E-state index contributed by atoms with van der Waals surface area (Å²) in [7, 11) is 2.14. The largest absolute Gasteiger partial charge is 0.350 e. The van der Waals surface area contributed by atoms with Crippen molar-refractivity contribution in [1.82, 2.24) is 9.88 Å². The standard InChI is InChI=1S/C15H22N2/c1-5-16-9-8-13-10-17(4)15-12(3)11(2)6-7-14(13)15/h6-7,10,16H,5,8-9H2,1-4H3. The molecule has 1 aromatic carbocycles. The van der Waals surface area contributed by atoms with E-state index in [2.05, 4.69) is 56.0 Å². The van der Waals surface area contributed by atoms with Gasteiger partial charge in [-0.25, -0.2) is 0 Å². The lowest BCUT2D eigenvalue weighted by molar-refractivity contribution is 0.717. The summed E-state index contributed by atoms with van der Waals surface area (Å²) in [6.45, 7) is 8.65. The summed E-state index contributed by atoms with van der Waals surface area (Å²) in [5.41, 5.74) is 5.61. The molecule has 17 heavy (non-hydrogen) atoms. The Morgan fingerprint density at radius 3 is 2.71 bits per heavy atom. The van der Waals surface area contributed by atoms with Crippen LogP contribution in [0.25, 0.3) is 10.9 Å². The molecule has 0 radical (unpaired) electrons. The first kappa shape index (κ1) is 12.2. The molecule has 1 heterocycles. The lowest BCUT2D eigenvalue weighted by Gasteiger charge is -2.05. The molecule has 2 heteroatoms. The molecule has 0 unspecified atom stereocenters. The van der Waals surface area contributed by atoms with Crippen LogP contribution in [0, 0.1) is 13.8 Å². The van der Waals surface area contributed by atoms with E-state index in [1.165, 1.54) is 27.6 Å². The van der Waals surface area contributed by atoms with Gasteiger partial charge in [-0.1, -0.05) is 19.1 Å². The van der Waals surface area contributed by atoms with Crippen molar-refractivity contribution >= 4 is 10.9 Å². The van der Waals surface area contributed by atoms with Crippen molar-refractivity contribution in [1.29, 1.82) is 0 Å². The summed E-state index contributed by atoms with van der Waals surface area (Å²) in [5, 5.41) is 4.80. The SMILES string of the molecule is CCNCCc1cn(C)c2c(C)c(C)ccc12. The highest BCUT2D eigenvalue weighted by atomic mass is 14.9. The topological polar surface area (TPSA) is 17.0 Å². The fourth-order valence-corrected chi connectivity index (χ4v) is 2.48. The first-order valence-corrected chi connectivity index (χ1v) is 6.40. The molecule has 0 bridgehead atoms. The van der Waals surface area contributed by atoms with Gasteiger partial charge in [0, 0.05) is 18.6 Å². The molecule has 0 aliphatic heterocycles. The van der Waals surface area contributed by atoms with E-state index in [0.717, 1.165) is 19.5 Å². The Labute approximate surface area is 104 Å². The van der Waals surface area contributed by atoms with Crippen LogP contribution in [0.3, 0.4) is 0 Å². The van der Waals surface area contributed by atoms with E-state index in [0.29, 0.717) is 0 Å². The monoisotopic (exact) mass is 230 g/mol. The van der Waals surface area contributed by atoms with E-state index < -0.39 is 0 Å². The number of hydrogen-bond acceptors (Lipinski definition) is 1. The van der Waals surface area contributed by atoms with Crippen LogP contribution in [0.1, 0.15) is 23.6 Å². The molecule has 0 saturated carbocycles. The average molecular weight is 230 g/mol. The summed E-state index contributed by atoms with van der Waals surface area (Å²) >= 11 is 0. The Balaban J connectivity index is 2.42. The van der Waals surface area contributed by atoms with E-state index in [1.54, 1.807) is 0 Å². The molecule has 0 aliphatic carbocycles. The first-order valence-electron chi connectivity index (χ1n) is 6.40. The normalized spacial score (nSPS) is 11.3. The first-order chi connectivity index (χ1) is 8.15. The fraction of sp³-hybridized carbons (Fsp3) is 0.467. The molecule has 0 fully saturated rings. The number of rotatable bonds is 4. The van der Waals surface area contributed by atoms with E-state index in [-0.39, 0.29) is 0 Å². The molecular weight excluding hydrogens is 208 g/mol. The van der Waals surface area contributed by atoms with E-state index in [4.69, 9.17) is 0 Å². The molecule has 92 valence electrons. The molecule has 2 nitrogen and oxygen atoms in total. The minimum atomic E-state index is 1.04. The molecule has 0 amide bonds. The molecular formula is C15H22N2. The maximum atomic E-state index is 3.39. The van der Waals surface area contributed by atoms with Gasteiger partial charge in [0.15, 0.2) is 0 Å². The van der Waals surface area contributed by atoms with Crippen molar-refractivity contribution in [3.05, 3.63) is 35.0 Å². The van der Waals surface area contributed by atoms with Gasteiger partial charge >= 0.3 is 0 Å².